The molecule has 0 saturated carbocycles. The first-order chi connectivity index (χ1) is 15.6. The molecule has 1 aromatic rings. The van der Waals surface area contributed by atoms with Crippen LogP contribution in [0.15, 0.2) is 35.4 Å². The maximum atomic E-state index is 13.0. The minimum atomic E-state index is -2.23. The predicted molar refractivity (Wildman–Crippen MR) is 130 cm³/mol. The summed E-state index contributed by atoms with van der Waals surface area (Å²) in [4.78, 5) is 15.8. The second-order valence-corrected chi connectivity index (χ2v) is 15.4. The Morgan fingerprint density at radius 1 is 1.18 bits per heavy atom. The van der Waals surface area contributed by atoms with E-state index in [2.05, 4.69) is 51.6 Å². The average molecular weight is 478 g/mol. The van der Waals surface area contributed by atoms with Crippen LogP contribution in [0, 0.1) is 0 Å². The van der Waals surface area contributed by atoms with Gasteiger partial charge in [0, 0.05) is 11.3 Å². The Hall–Kier alpha value is -1.74. The van der Waals surface area contributed by atoms with Crippen molar-refractivity contribution in [1.29, 1.82) is 0 Å². The fourth-order valence-corrected chi connectivity index (χ4v) is 10.7. The van der Waals surface area contributed by atoms with E-state index in [9.17, 15) is 9.90 Å². The monoisotopic (exact) mass is 477 g/mol. The van der Waals surface area contributed by atoms with Gasteiger partial charge in [0.05, 0.1) is 32.5 Å². The number of azide groups is 1. The molecule has 8 nitrogen and oxygen atoms in total. The van der Waals surface area contributed by atoms with Crippen LogP contribution in [0.1, 0.15) is 53.5 Å². The summed E-state index contributed by atoms with van der Waals surface area (Å²) in [6.45, 7) is 13.2. The molecule has 184 valence electrons. The molecule has 0 bridgehead atoms. The third kappa shape index (κ3) is 6.44. The fourth-order valence-electron chi connectivity index (χ4n) is 5.26. The number of benzene rings is 1. The van der Waals surface area contributed by atoms with E-state index in [0.29, 0.717) is 23.2 Å². The number of hydrogen-bond donors (Lipinski definition) is 1. The minimum Gasteiger partial charge on any atom is -0.413 e. The molecule has 0 spiro atoms. The largest absolute Gasteiger partial charge is 0.413 e. The normalized spacial score (nSPS) is 23.9. The van der Waals surface area contributed by atoms with E-state index in [-0.39, 0.29) is 32.0 Å². The SMILES string of the molecule is CC(C)[Si](OC[C@@H]1O[C@@](CO)(COCc2ccccc2)CC(=O)[C@H]1N=[N+]=[N-])(C(C)C)C(C)C. The molecular formula is C24H39N3O5Si. The quantitative estimate of drug-likeness (QED) is 0.193. The first kappa shape index (κ1) is 27.5. The van der Waals surface area contributed by atoms with Crippen molar-refractivity contribution in [1.82, 2.24) is 0 Å². The van der Waals surface area contributed by atoms with Crippen LogP contribution in [0.3, 0.4) is 0 Å². The Kier molecular flexibility index (Phi) is 10.1. The summed E-state index contributed by atoms with van der Waals surface area (Å²) < 4.78 is 18.7. The number of ketones is 1. The second kappa shape index (κ2) is 12.1. The summed E-state index contributed by atoms with van der Waals surface area (Å²) in [5.74, 6) is -0.268. The molecular weight excluding hydrogens is 438 g/mol. The second-order valence-electron chi connectivity index (χ2n) is 9.90. The molecule has 3 atom stereocenters. The molecule has 9 heteroatoms. The molecule has 1 aromatic carbocycles. The average Bonchev–Trinajstić information content (AvgIpc) is 2.76. The number of ether oxygens (including phenoxy) is 2. The Bertz CT molecular complexity index is 792. The zero-order valence-electron chi connectivity index (χ0n) is 20.7. The van der Waals surface area contributed by atoms with E-state index < -0.39 is 26.1 Å². The zero-order valence-corrected chi connectivity index (χ0v) is 21.7. The molecule has 0 radical (unpaired) electrons. The zero-order chi connectivity index (χ0) is 24.6. The maximum absolute atomic E-state index is 13.0. The highest BCUT2D eigenvalue weighted by molar-refractivity contribution is 6.77. The fraction of sp³-hybridized carbons (Fsp3) is 0.708. The summed E-state index contributed by atoms with van der Waals surface area (Å²) >= 11 is 0. The van der Waals surface area contributed by atoms with Gasteiger partial charge in [-0.15, -0.1) is 0 Å². The molecule has 0 amide bonds. The predicted octanol–water partition coefficient (Wildman–Crippen LogP) is 5.16. The van der Waals surface area contributed by atoms with Gasteiger partial charge in [0.25, 0.3) is 0 Å². The summed E-state index contributed by atoms with van der Waals surface area (Å²) in [5.41, 5.74) is 9.90. The number of carbonyl (C=O) groups is 1. The van der Waals surface area contributed by atoms with Crippen molar-refractivity contribution in [2.75, 3.05) is 19.8 Å². The summed E-state index contributed by atoms with van der Waals surface area (Å²) in [5, 5.41) is 13.9. The van der Waals surface area contributed by atoms with Gasteiger partial charge in [-0.3, -0.25) is 4.79 Å². The Balaban J connectivity index is 2.22. The van der Waals surface area contributed by atoms with Crippen molar-refractivity contribution in [3.8, 4) is 0 Å². The van der Waals surface area contributed by atoms with Gasteiger partial charge in [-0.25, -0.2) is 0 Å². The van der Waals surface area contributed by atoms with Crippen LogP contribution in [0.25, 0.3) is 10.4 Å². The van der Waals surface area contributed by atoms with Crippen LogP contribution in [0.5, 0.6) is 0 Å². The summed E-state index contributed by atoms with van der Waals surface area (Å²) in [7, 11) is -2.23. The Morgan fingerprint density at radius 2 is 1.79 bits per heavy atom. The number of aliphatic hydroxyl groups is 1. The van der Waals surface area contributed by atoms with Crippen LogP contribution < -0.4 is 0 Å². The van der Waals surface area contributed by atoms with E-state index in [0.717, 1.165) is 5.56 Å². The highest BCUT2D eigenvalue weighted by Gasteiger charge is 2.50. The van der Waals surface area contributed by atoms with E-state index in [1.54, 1.807) is 0 Å². The first-order valence-corrected chi connectivity index (χ1v) is 13.9. The molecule has 0 unspecified atom stereocenters. The standard InChI is InChI=1S/C24H39N3O5Si/c1-17(2)33(18(3)4,19(5)6)31-14-22-23(26-27-25)21(29)12-24(15-28,32-22)16-30-13-20-10-8-7-9-11-20/h7-11,17-19,22-23,28H,12-16H2,1-6H3/t22-,23+,24-/m0/s1. The molecule has 1 aliphatic rings. The Labute approximate surface area is 198 Å². The van der Waals surface area contributed by atoms with Gasteiger partial charge in [0.1, 0.15) is 17.4 Å². The van der Waals surface area contributed by atoms with Crippen molar-refractivity contribution in [3.05, 3.63) is 46.3 Å². The van der Waals surface area contributed by atoms with Gasteiger partial charge in [0.15, 0.2) is 8.32 Å². The lowest BCUT2D eigenvalue weighted by atomic mass is 9.89. The lowest BCUT2D eigenvalue weighted by molar-refractivity contribution is -0.194. The van der Waals surface area contributed by atoms with Crippen molar-refractivity contribution >= 4 is 14.1 Å². The van der Waals surface area contributed by atoms with Gasteiger partial charge in [-0.1, -0.05) is 77.0 Å². The van der Waals surface area contributed by atoms with Crippen molar-refractivity contribution < 1.29 is 23.8 Å². The molecule has 1 saturated heterocycles. The van der Waals surface area contributed by atoms with Gasteiger partial charge >= 0.3 is 0 Å². The van der Waals surface area contributed by atoms with Crippen molar-refractivity contribution in [2.24, 2.45) is 5.11 Å². The number of rotatable bonds is 12. The molecule has 33 heavy (non-hydrogen) atoms. The van der Waals surface area contributed by atoms with E-state index >= 15 is 0 Å². The van der Waals surface area contributed by atoms with E-state index in [4.69, 9.17) is 19.4 Å². The molecule has 1 aliphatic heterocycles. The van der Waals surface area contributed by atoms with Crippen molar-refractivity contribution in [3.63, 3.8) is 0 Å². The third-order valence-corrected chi connectivity index (χ3v) is 12.8. The lowest BCUT2D eigenvalue weighted by Crippen LogP contribution is -2.59. The van der Waals surface area contributed by atoms with E-state index in [1.807, 2.05) is 30.3 Å². The Morgan fingerprint density at radius 3 is 2.30 bits per heavy atom. The van der Waals surface area contributed by atoms with Gasteiger partial charge in [0.2, 0.25) is 0 Å². The lowest BCUT2D eigenvalue weighted by Gasteiger charge is -2.46. The van der Waals surface area contributed by atoms with Gasteiger partial charge in [-0.05, 0) is 27.7 Å². The van der Waals surface area contributed by atoms with Crippen LogP contribution >= 0.6 is 0 Å². The molecule has 1 heterocycles. The first-order valence-electron chi connectivity index (χ1n) is 11.7. The third-order valence-electron chi connectivity index (χ3n) is 6.73. The summed E-state index contributed by atoms with van der Waals surface area (Å²) in [6, 6.07) is 8.68. The molecule has 2 rings (SSSR count). The molecule has 1 fully saturated rings. The number of carbonyl (C=O) groups excluding carboxylic acids is 1. The highest BCUT2D eigenvalue weighted by Crippen LogP contribution is 2.43. The minimum absolute atomic E-state index is 0.0464. The molecule has 0 aromatic heterocycles. The van der Waals surface area contributed by atoms with Crippen LogP contribution in [-0.2, 0) is 25.3 Å². The van der Waals surface area contributed by atoms with Crippen LogP contribution in [0.2, 0.25) is 16.6 Å². The highest BCUT2D eigenvalue weighted by atomic mass is 28.4. The van der Waals surface area contributed by atoms with E-state index in [1.165, 1.54) is 0 Å². The smallest absolute Gasteiger partial charge is 0.200 e. The summed E-state index contributed by atoms with van der Waals surface area (Å²) in [6.07, 6.45) is -0.864. The number of hydrogen-bond acceptors (Lipinski definition) is 6. The molecule has 0 aliphatic carbocycles. The molecule has 1 N–H and O–H groups in total. The number of Topliss-reactive ketones (excluding diaryl/α,β-unsaturated/α-hetero) is 1. The van der Waals surface area contributed by atoms with Crippen molar-refractivity contribution in [2.45, 2.75) is 88.9 Å². The number of nitrogens with zero attached hydrogens (tertiary/aromatic N) is 3. The van der Waals surface area contributed by atoms with Gasteiger partial charge < -0.3 is 19.0 Å². The van der Waals surface area contributed by atoms with Crippen LogP contribution in [-0.4, -0.2) is 56.8 Å². The maximum Gasteiger partial charge on any atom is 0.200 e. The van der Waals surface area contributed by atoms with Crippen LogP contribution in [0.4, 0.5) is 0 Å². The van der Waals surface area contributed by atoms with Gasteiger partial charge in [-0.2, -0.15) is 0 Å². The number of aliphatic hydroxyl groups excluding tert-OH is 1. The topological polar surface area (TPSA) is 114 Å².